The second-order valence-corrected chi connectivity index (χ2v) is 3.72. The number of nitrogens with one attached hydrogen (secondary N) is 1. The first-order valence-corrected chi connectivity index (χ1v) is 4.91. The molecule has 3 N–H and O–H groups in total. The third-order valence-corrected chi connectivity index (χ3v) is 2.48. The Kier molecular flexibility index (Phi) is 2.60. The summed E-state index contributed by atoms with van der Waals surface area (Å²) in [6.45, 7) is 0. The Bertz CT molecular complexity index is 379. The van der Waals surface area contributed by atoms with E-state index >= 15 is 0 Å². The maximum Gasteiger partial charge on any atom is 0.337 e. The third kappa shape index (κ3) is 2.27. The van der Waals surface area contributed by atoms with Crippen molar-refractivity contribution in [2.45, 2.75) is 18.5 Å². The lowest BCUT2D eigenvalue weighted by atomic mass is 10.2. The molecule has 15 heavy (non-hydrogen) atoms. The highest BCUT2D eigenvalue weighted by molar-refractivity contribution is 5.90. The van der Waals surface area contributed by atoms with E-state index in [0.717, 1.165) is 12.1 Å². The summed E-state index contributed by atoms with van der Waals surface area (Å²) in [4.78, 5) is 11.3. The molecule has 4 heteroatoms. The topological polar surface area (TPSA) is 64.3 Å². The van der Waals surface area contributed by atoms with Gasteiger partial charge in [0.25, 0.3) is 0 Å². The van der Waals surface area contributed by atoms with Gasteiger partial charge < -0.3 is 15.8 Å². The summed E-state index contributed by atoms with van der Waals surface area (Å²) in [7, 11) is 1.37. The van der Waals surface area contributed by atoms with E-state index in [9.17, 15) is 4.79 Å². The van der Waals surface area contributed by atoms with Crippen LogP contribution in [0, 0.1) is 0 Å². The van der Waals surface area contributed by atoms with Crippen molar-refractivity contribution in [3.63, 3.8) is 0 Å². The van der Waals surface area contributed by atoms with Crippen LogP contribution in [0.15, 0.2) is 24.3 Å². The van der Waals surface area contributed by atoms with Gasteiger partial charge in [0.05, 0.1) is 12.7 Å². The predicted molar refractivity (Wildman–Crippen MR) is 57.8 cm³/mol. The molecule has 4 nitrogen and oxygen atoms in total. The van der Waals surface area contributed by atoms with Crippen LogP contribution in [0.3, 0.4) is 0 Å². The number of rotatable bonds is 3. The smallest absolute Gasteiger partial charge is 0.337 e. The number of methoxy groups -OCH3 is 1. The quantitative estimate of drug-likeness (QED) is 0.724. The van der Waals surface area contributed by atoms with Gasteiger partial charge in [-0.2, -0.15) is 0 Å². The number of nitrogens with two attached hydrogens (primary N) is 1. The molecule has 0 spiro atoms. The number of carbonyl (C=O) groups excluding carboxylic acids is 1. The molecule has 0 heterocycles. The minimum absolute atomic E-state index is 0.242. The Hall–Kier alpha value is -1.55. The van der Waals surface area contributed by atoms with Crippen molar-refractivity contribution in [3.8, 4) is 0 Å². The largest absolute Gasteiger partial charge is 0.465 e. The van der Waals surface area contributed by atoms with E-state index in [0.29, 0.717) is 11.6 Å². The lowest BCUT2D eigenvalue weighted by molar-refractivity contribution is 0.0601. The fourth-order valence-corrected chi connectivity index (χ4v) is 1.45. The molecule has 2 rings (SSSR count). The second-order valence-electron chi connectivity index (χ2n) is 3.72. The number of anilines is 1. The monoisotopic (exact) mass is 206 g/mol. The molecule has 1 aliphatic carbocycles. The Balaban J connectivity index is 2.08. The molecule has 0 radical (unpaired) electrons. The van der Waals surface area contributed by atoms with E-state index in [1.165, 1.54) is 7.11 Å². The molecule has 1 fully saturated rings. The molecule has 0 amide bonds. The van der Waals surface area contributed by atoms with E-state index in [-0.39, 0.29) is 12.0 Å². The Labute approximate surface area is 88.4 Å². The number of esters is 1. The van der Waals surface area contributed by atoms with E-state index < -0.39 is 0 Å². The molecule has 2 unspecified atom stereocenters. The van der Waals surface area contributed by atoms with Gasteiger partial charge in [-0.3, -0.25) is 0 Å². The standard InChI is InChI=1S/C11H14N2O2/c1-15-11(14)7-3-2-4-8(5-7)13-10-6-9(10)12/h2-5,9-10,13H,6,12H2,1H3. The summed E-state index contributed by atoms with van der Waals surface area (Å²) in [5, 5.41) is 3.25. The molecular formula is C11H14N2O2. The van der Waals surface area contributed by atoms with Crippen LogP contribution in [-0.2, 0) is 4.74 Å². The summed E-state index contributed by atoms with van der Waals surface area (Å²) in [6.07, 6.45) is 0.989. The lowest BCUT2D eigenvalue weighted by Crippen LogP contribution is -2.13. The Morgan fingerprint density at radius 2 is 2.33 bits per heavy atom. The van der Waals surface area contributed by atoms with Crippen LogP contribution in [-0.4, -0.2) is 25.2 Å². The summed E-state index contributed by atoms with van der Waals surface area (Å²) in [5.41, 5.74) is 7.15. The fraction of sp³-hybridized carbons (Fsp3) is 0.364. The maximum absolute atomic E-state index is 11.3. The highest BCUT2D eigenvalue weighted by atomic mass is 16.5. The van der Waals surface area contributed by atoms with Gasteiger partial charge in [-0.15, -0.1) is 0 Å². The maximum atomic E-state index is 11.3. The normalized spacial score (nSPS) is 23.3. The zero-order valence-corrected chi connectivity index (χ0v) is 8.57. The van der Waals surface area contributed by atoms with Gasteiger partial charge in [0.2, 0.25) is 0 Å². The fourth-order valence-electron chi connectivity index (χ4n) is 1.45. The van der Waals surface area contributed by atoms with Gasteiger partial charge in [0, 0.05) is 17.8 Å². The van der Waals surface area contributed by atoms with Gasteiger partial charge in [0.15, 0.2) is 0 Å². The average Bonchev–Trinajstić information content (AvgIpc) is 2.93. The van der Waals surface area contributed by atoms with Crippen molar-refractivity contribution in [2.75, 3.05) is 12.4 Å². The Morgan fingerprint density at radius 3 is 2.93 bits per heavy atom. The van der Waals surface area contributed by atoms with Crippen molar-refractivity contribution in [2.24, 2.45) is 5.73 Å². The first kappa shape index (κ1) is 9.98. The summed E-state index contributed by atoms with van der Waals surface area (Å²) in [6, 6.07) is 7.82. The zero-order chi connectivity index (χ0) is 10.8. The van der Waals surface area contributed by atoms with Crippen LogP contribution in [0.2, 0.25) is 0 Å². The molecular weight excluding hydrogens is 192 g/mol. The van der Waals surface area contributed by atoms with E-state index in [1.807, 2.05) is 12.1 Å². The van der Waals surface area contributed by atoms with Crippen molar-refractivity contribution >= 4 is 11.7 Å². The van der Waals surface area contributed by atoms with Crippen molar-refractivity contribution in [3.05, 3.63) is 29.8 Å². The minimum atomic E-state index is -0.321. The van der Waals surface area contributed by atoms with Crippen LogP contribution in [0.4, 0.5) is 5.69 Å². The number of benzene rings is 1. The van der Waals surface area contributed by atoms with Gasteiger partial charge in [0.1, 0.15) is 0 Å². The molecule has 0 aromatic heterocycles. The van der Waals surface area contributed by atoms with Crippen LogP contribution in [0.5, 0.6) is 0 Å². The highest BCUT2D eigenvalue weighted by Crippen LogP contribution is 2.24. The van der Waals surface area contributed by atoms with Crippen LogP contribution < -0.4 is 11.1 Å². The van der Waals surface area contributed by atoms with Crippen molar-refractivity contribution < 1.29 is 9.53 Å². The van der Waals surface area contributed by atoms with Gasteiger partial charge >= 0.3 is 5.97 Å². The van der Waals surface area contributed by atoms with Gasteiger partial charge in [-0.1, -0.05) is 6.07 Å². The number of ether oxygens (including phenoxy) is 1. The number of hydrogen-bond acceptors (Lipinski definition) is 4. The predicted octanol–water partition coefficient (Wildman–Crippen LogP) is 0.985. The molecule has 1 aliphatic rings. The van der Waals surface area contributed by atoms with Gasteiger partial charge in [-0.25, -0.2) is 4.79 Å². The molecule has 1 saturated carbocycles. The van der Waals surface area contributed by atoms with E-state index in [4.69, 9.17) is 5.73 Å². The number of hydrogen-bond donors (Lipinski definition) is 2. The molecule has 0 bridgehead atoms. The third-order valence-electron chi connectivity index (χ3n) is 2.48. The van der Waals surface area contributed by atoms with Crippen molar-refractivity contribution in [1.82, 2.24) is 0 Å². The SMILES string of the molecule is COC(=O)c1cccc(NC2CC2N)c1. The number of carbonyl (C=O) groups is 1. The molecule has 0 aliphatic heterocycles. The summed E-state index contributed by atoms with van der Waals surface area (Å²) < 4.78 is 4.64. The molecule has 1 aromatic carbocycles. The lowest BCUT2D eigenvalue weighted by Gasteiger charge is -2.06. The summed E-state index contributed by atoms with van der Waals surface area (Å²) >= 11 is 0. The Morgan fingerprint density at radius 1 is 1.60 bits per heavy atom. The second kappa shape index (κ2) is 3.90. The van der Waals surface area contributed by atoms with Crippen molar-refractivity contribution in [1.29, 1.82) is 0 Å². The van der Waals surface area contributed by atoms with Gasteiger partial charge in [-0.05, 0) is 24.6 Å². The van der Waals surface area contributed by atoms with Crippen LogP contribution in [0.25, 0.3) is 0 Å². The molecule has 2 atom stereocenters. The minimum Gasteiger partial charge on any atom is -0.465 e. The van der Waals surface area contributed by atoms with E-state index in [2.05, 4.69) is 10.1 Å². The molecule has 1 aromatic rings. The van der Waals surface area contributed by atoms with Crippen LogP contribution in [0.1, 0.15) is 16.8 Å². The average molecular weight is 206 g/mol. The first-order valence-electron chi connectivity index (χ1n) is 4.91. The highest BCUT2D eigenvalue weighted by Gasteiger charge is 2.33. The zero-order valence-electron chi connectivity index (χ0n) is 8.57. The summed E-state index contributed by atoms with van der Waals surface area (Å²) in [5.74, 6) is -0.321. The van der Waals surface area contributed by atoms with E-state index in [1.54, 1.807) is 12.1 Å². The van der Waals surface area contributed by atoms with Crippen LogP contribution >= 0.6 is 0 Å². The molecule has 0 saturated heterocycles. The first-order chi connectivity index (χ1) is 7.20. The molecule has 80 valence electrons.